The third-order valence-corrected chi connectivity index (χ3v) is 7.78. The number of hydrogen-bond acceptors (Lipinski definition) is 5. The number of para-hydroxylation sites is 1. The van der Waals surface area contributed by atoms with E-state index < -0.39 is 15.5 Å². The van der Waals surface area contributed by atoms with Gasteiger partial charge in [0.25, 0.3) is 0 Å². The van der Waals surface area contributed by atoms with Gasteiger partial charge in [-0.2, -0.15) is 0 Å². The van der Waals surface area contributed by atoms with Crippen molar-refractivity contribution in [1.82, 2.24) is 4.98 Å². The summed E-state index contributed by atoms with van der Waals surface area (Å²) in [5.74, 6) is 3.63. The molecule has 1 atom stereocenters. The number of nitrogens with zero attached hydrogens (tertiary/aromatic N) is 1. The molecule has 0 amide bonds. The van der Waals surface area contributed by atoms with Gasteiger partial charge in [0.1, 0.15) is 23.6 Å². The SMILES string of the molecule is C=S(C)(=O)c1ccc(COc2ccc(CC)c3nc(-c4oc5ccccc5c4C)cc(C(=O)O)c23)cc1. The van der Waals surface area contributed by atoms with Crippen molar-refractivity contribution in [3.05, 3.63) is 89.0 Å². The topological polar surface area (TPSA) is 89.6 Å². The zero-order chi connectivity index (χ0) is 26.3. The average Bonchev–Trinajstić information content (AvgIpc) is 3.22. The Morgan fingerprint density at radius 2 is 1.84 bits per heavy atom. The Kier molecular flexibility index (Phi) is 6.25. The van der Waals surface area contributed by atoms with Crippen LogP contribution in [0.1, 0.15) is 34.0 Å². The lowest BCUT2D eigenvalue weighted by Gasteiger charge is -2.15. The molecule has 37 heavy (non-hydrogen) atoms. The molecule has 5 aromatic rings. The lowest BCUT2D eigenvalue weighted by molar-refractivity contribution is 0.0698. The second-order valence-electron chi connectivity index (χ2n) is 9.15. The molecule has 3 aromatic carbocycles. The minimum atomic E-state index is -2.30. The van der Waals surface area contributed by atoms with Gasteiger partial charge in [-0.15, -0.1) is 0 Å². The smallest absolute Gasteiger partial charge is 0.336 e. The van der Waals surface area contributed by atoms with Crippen molar-refractivity contribution in [2.24, 2.45) is 0 Å². The van der Waals surface area contributed by atoms with Gasteiger partial charge in [-0.25, -0.2) is 9.78 Å². The Labute approximate surface area is 215 Å². The van der Waals surface area contributed by atoms with Gasteiger partial charge in [-0.1, -0.05) is 43.3 Å². The Morgan fingerprint density at radius 3 is 2.49 bits per heavy atom. The summed E-state index contributed by atoms with van der Waals surface area (Å²) < 4.78 is 24.4. The number of carbonyl (C=O) groups is 1. The van der Waals surface area contributed by atoms with E-state index in [1.807, 2.05) is 56.3 Å². The summed E-state index contributed by atoms with van der Waals surface area (Å²) in [6.45, 7) is 4.17. The molecule has 0 fully saturated rings. The fourth-order valence-electron chi connectivity index (χ4n) is 4.51. The highest BCUT2D eigenvalue weighted by Crippen LogP contribution is 2.37. The van der Waals surface area contributed by atoms with Gasteiger partial charge in [0.2, 0.25) is 0 Å². The van der Waals surface area contributed by atoms with Crippen LogP contribution in [0.25, 0.3) is 33.3 Å². The first-order valence-electron chi connectivity index (χ1n) is 11.9. The van der Waals surface area contributed by atoms with Crippen LogP contribution in [0.5, 0.6) is 5.75 Å². The third-order valence-electron chi connectivity index (χ3n) is 6.51. The molecule has 0 aliphatic carbocycles. The lowest BCUT2D eigenvalue weighted by atomic mass is 10.00. The first-order chi connectivity index (χ1) is 17.7. The number of aromatic carboxylic acids is 1. The summed E-state index contributed by atoms with van der Waals surface area (Å²) in [6.07, 6.45) is 2.27. The van der Waals surface area contributed by atoms with Crippen LogP contribution in [0.3, 0.4) is 0 Å². The van der Waals surface area contributed by atoms with Crippen molar-refractivity contribution in [1.29, 1.82) is 0 Å². The number of hydrogen-bond donors (Lipinski definition) is 1. The zero-order valence-electron chi connectivity index (χ0n) is 20.9. The summed E-state index contributed by atoms with van der Waals surface area (Å²) >= 11 is 0. The molecule has 6 nitrogen and oxygen atoms in total. The van der Waals surface area contributed by atoms with Crippen LogP contribution in [-0.2, 0) is 22.5 Å². The fraction of sp³-hybridized carbons (Fsp3) is 0.167. The maximum Gasteiger partial charge on any atom is 0.336 e. The minimum absolute atomic E-state index is 0.100. The van der Waals surface area contributed by atoms with Crippen LogP contribution in [0, 0.1) is 6.92 Å². The lowest BCUT2D eigenvalue weighted by Crippen LogP contribution is -2.05. The second kappa shape index (κ2) is 9.41. The van der Waals surface area contributed by atoms with E-state index in [0.29, 0.717) is 39.4 Å². The molecule has 188 valence electrons. The first kappa shape index (κ1) is 24.6. The molecule has 1 unspecified atom stereocenters. The van der Waals surface area contributed by atoms with Crippen molar-refractivity contribution in [3.8, 4) is 17.2 Å². The average molecular weight is 514 g/mol. The standard InChI is InChI=1S/C30H27NO5S/c1-5-20-12-15-26(35-17-19-10-13-21(14-11-19)37(3,4)34)27-23(30(32)33)16-24(31-28(20)27)29-18(2)22-8-6-7-9-25(22)36-29/h6-16H,3,5,17H2,1-2,4H3,(H,32,33). The quantitative estimate of drug-likeness (QED) is 0.250. The van der Waals surface area contributed by atoms with Crippen LogP contribution in [0.4, 0.5) is 0 Å². The van der Waals surface area contributed by atoms with E-state index in [1.54, 1.807) is 30.5 Å². The number of furan rings is 1. The van der Waals surface area contributed by atoms with Gasteiger partial charge in [0, 0.05) is 22.1 Å². The van der Waals surface area contributed by atoms with Gasteiger partial charge < -0.3 is 14.3 Å². The minimum Gasteiger partial charge on any atom is -0.488 e. The van der Waals surface area contributed by atoms with E-state index >= 15 is 0 Å². The summed E-state index contributed by atoms with van der Waals surface area (Å²) in [4.78, 5) is 18.0. The fourth-order valence-corrected chi connectivity index (χ4v) is 5.22. The van der Waals surface area contributed by atoms with Crippen molar-refractivity contribution in [3.63, 3.8) is 0 Å². The van der Waals surface area contributed by atoms with E-state index in [9.17, 15) is 14.1 Å². The zero-order valence-corrected chi connectivity index (χ0v) is 21.7. The Morgan fingerprint density at radius 1 is 1.11 bits per heavy atom. The van der Waals surface area contributed by atoms with E-state index in [1.165, 1.54) is 0 Å². The molecule has 0 aliphatic rings. The normalized spacial score (nSPS) is 13.1. The number of rotatable bonds is 7. The summed E-state index contributed by atoms with van der Waals surface area (Å²) in [6, 6.07) is 20.2. The molecule has 0 radical (unpaired) electrons. The van der Waals surface area contributed by atoms with Gasteiger partial charge >= 0.3 is 5.97 Å². The Hall–Kier alpha value is -4.10. The molecule has 2 heterocycles. The van der Waals surface area contributed by atoms with Crippen LogP contribution >= 0.6 is 0 Å². The highest BCUT2D eigenvalue weighted by molar-refractivity contribution is 7.99. The molecule has 7 heteroatoms. The monoisotopic (exact) mass is 513 g/mol. The van der Waals surface area contributed by atoms with Crippen LogP contribution in [-0.4, -0.2) is 32.4 Å². The summed E-state index contributed by atoms with van der Waals surface area (Å²) in [7, 11) is -2.30. The van der Waals surface area contributed by atoms with Crippen molar-refractivity contribution in [2.45, 2.75) is 31.8 Å². The number of pyridine rings is 1. The Bertz CT molecular complexity index is 1770. The second-order valence-corrected chi connectivity index (χ2v) is 11.6. The highest BCUT2D eigenvalue weighted by Gasteiger charge is 2.22. The molecule has 0 spiro atoms. The molecule has 0 saturated carbocycles. The molecular formula is C30H27NO5S. The van der Waals surface area contributed by atoms with Crippen molar-refractivity contribution >= 4 is 43.2 Å². The van der Waals surface area contributed by atoms with Crippen LogP contribution in [0.2, 0.25) is 0 Å². The van der Waals surface area contributed by atoms with E-state index in [4.69, 9.17) is 14.1 Å². The number of carboxylic acid groups (broad SMARTS) is 1. The number of aryl methyl sites for hydroxylation is 2. The van der Waals surface area contributed by atoms with Gasteiger partial charge in [0.15, 0.2) is 5.76 Å². The molecule has 0 saturated heterocycles. The number of aromatic nitrogens is 1. The molecule has 0 aliphatic heterocycles. The van der Waals surface area contributed by atoms with Crippen molar-refractivity contribution < 1.29 is 23.3 Å². The molecule has 5 rings (SSSR count). The molecule has 1 N–H and O–H groups in total. The largest absolute Gasteiger partial charge is 0.488 e. The third kappa shape index (κ3) is 4.58. The highest BCUT2D eigenvalue weighted by atomic mass is 32.2. The number of ether oxygens (including phenoxy) is 1. The molecular weight excluding hydrogens is 486 g/mol. The van der Waals surface area contributed by atoms with Gasteiger partial charge in [-0.3, -0.25) is 4.21 Å². The predicted octanol–water partition coefficient (Wildman–Crippen LogP) is 6.50. The maximum absolute atomic E-state index is 12.5. The Balaban J connectivity index is 1.61. The number of benzene rings is 3. The maximum atomic E-state index is 12.5. The molecule has 0 bridgehead atoms. The summed E-state index contributed by atoms with van der Waals surface area (Å²) in [5.41, 5.74) is 4.56. The van der Waals surface area contributed by atoms with Gasteiger partial charge in [0.05, 0.1) is 16.5 Å². The van der Waals surface area contributed by atoms with Crippen LogP contribution in [0.15, 0.2) is 76.0 Å². The first-order valence-corrected chi connectivity index (χ1v) is 14.0. The van der Waals surface area contributed by atoms with Gasteiger partial charge in [-0.05, 0) is 70.2 Å². The number of carboxylic acids is 1. The number of fused-ring (bicyclic) bond motifs is 2. The van der Waals surface area contributed by atoms with E-state index in [2.05, 4.69) is 5.87 Å². The van der Waals surface area contributed by atoms with E-state index in [-0.39, 0.29) is 12.2 Å². The van der Waals surface area contributed by atoms with Crippen LogP contribution < -0.4 is 4.74 Å². The summed E-state index contributed by atoms with van der Waals surface area (Å²) in [5, 5.41) is 11.6. The molecule has 2 aromatic heterocycles. The van der Waals surface area contributed by atoms with Crippen molar-refractivity contribution in [2.75, 3.05) is 6.26 Å². The van der Waals surface area contributed by atoms with E-state index in [0.717, 1.165) is 27.7 Å². The predicted molar refractivity (Wildman–Crippen MR) is 148 cm³/mol.